The molecule has 6 heteroatoms. The van der Waals surface area contributed by atoms with E-state index in [0.29, 0.717) is 25.9 Å². The smallest absolute Gasteiger partial charge is 0.319 e. The molecule has 0 unspecified atom stereocenters. The van der Waals surface area contributed by atoms with Crippen LogP contribution in [0.25, 0.3) is 0 Å². The van der Waals surface area contributed by atoms with E-state index >= 15 is 0 Å². The van der Waals surface area contributed by atoms with E-state index in [1.807, 2.05) is 13.8 Å². The van der Waals surface area contributed by atoms with E-state index in [2.05, 4.69) is 5.32 Å². The largest absolute Gasteiger partial charge is 0.480 e. The predicted octanol–water partition coefficient (Wildman–Crippen LogP) is -0.164. The maximum atomic E-state index is 11.6. The molecule has 17 heavy (non-hydrogen) atoms. The lowest BCUT2D eigenvalue weighted by Crippen LogP contribution is -2.44. The van der Waals surface area contributed by atoms with E-state index in [1.54, 1.807) is 4.90 Å². The standard InChI is InChI=1S/C11H18N2O4/c1-3-13(4-2)8(14)7-12-9(15)11(5-6-11)10(16)17/h3-7H2,1-2H3,(H,12,15)(H,16,17). The minimum absolute atomic E-state index is 0.129. The van der Waals surface area contributed by atoms with Gasteiger partial charge in [-0.25, -0.2) is 0 Å². The van der Waals surface area contributed by atoms with Gasteiger partial charge in [-0.15, -0.1) is 0 Å². The quantitative estimate of drug-likeness (QED) is 0.633. The second-order valence-electron chi connectivity index (χ2n) is 4.14. The Bertz CT molecular complexity index is 332. The normalized spacial score (nSPS) is 16.1. The van der Waals surface area contributed by atoms with E-state index in [0.717, 1.165) is 0 Å². The number of carboxylic acids is 1. The Balaban J connectivity index is 2.44. The third-order valence-corrected chi connectivity index (χ3v) is 3.11. The fourth-order valence-corrected chi connectivity index (χ4v) is 1.68. The SMILES string of the molecule is CCN(CC)C(=O)CNC(=O)C1(C(=O)O)CC1. The van der Waals surface area contributed by atoms with Crippen LogP contribution in [0, 0.1) is 5.41 Å². The Hall–Kier alpha value is -1.59. The van der Waals surface area contributed by atoms with Gasteiger partial charge in [0.25, 0.3) is 0 Å². The van der Waals surface area contributed by atoms with Gasteiger partial charge in [-0.2, -0.15) is 0 Å². The van der Waals surface area contributed by atoms with Crippen molar-refractivity contribution in [1.82, 2.24) is 10.2 Å². The van der Waals surface area contributed by atoms with E-state index < -0.39 is 17.3 Å². The zero-order valence-corrected chi connectivity index (χ0v) is 10.2. The van der Waals surface area contributed by atoms with Crippen molar-refractivity contribution in [2.45, 2.75) is 26.7 Å². The lowest BCUT2D eigenvalue weighted by Gasteiger charge is -2.19. The van der Waals surface area contributed by atoms with Gasteiger partial charge in [0.15, 0.2) is 0 Å². The average Bonchev–Trinajstić information content (AvgIpc) is 3.08. The number of carboxylic acid groups (broad SMARTS) is 1. The number of nitrogens with zero attached hydrogens (tertiary/aromatic N) is 1. The van der Waals surface area contributed by atoms with Crippen LogP contribution >= 0.6 is 0 Å². The highest BCUT2D eigenvalue weighted by atomic mass is 16.4. The van der Waals surface area contributed by atoms with Gasteiger partial charge in [-0.1, -0.05) is 0 Å². The van der Waals surface area contributed by atoms with Crippen LogP contribution in [0.4, 0.5) is 0 Å². The Labute approximate surface area is 100.0 Å². The van der Waals surface area contributed by atoms with Crippen LogP contribution < -0.4 is 5.32 Å². The summed E-state index contributed by atoms with van der Waals surface area (Å²) >= 11 is 0. The van der Waals surface area contributed by atoms with Crippen molar-refractivity contribution in [3.63, 3.8) is 0 Å². The Kier molecular flexibility index (Phi) is 4.09. The molecule has 0 aromatic rings. The number of carbonyl (C=O) groups excluding carboxylic acids is 2. The molecule has 6 nitrogen and oxygen atoms in total. The first kappa shape index (κ1) is 13.5. The maximum Gasteiger partial charge on any atom is 0.319 e. The van der Waals surface area contributed by atoms with Crippen molar-refractivity contribution in [2.75, 3.05) is 19.6 Å². The second-order valence-corrected chi connectivity index (χ2v) is 4.14. The van der Waals surface area contributed by atoms with Gasteiger partial charge in [0.05, 0.1) is 6.54 Å². The third-order valence-electron chi connectivity index (χ3n) is 3.11. The summed E-state index contributed by atoms with van der Waals surface area (Å²) in [6.07, 6.45) is 0.710. The van der Waals surface area contributed by atoms with Gasteiger partial charge < -0.3 is 15.3 Å². The molecule has 1 rings (SSSR count). The molecule has 0 saturated heterocycles. The fourth-order valence-electron chi connectivity index (χ4n) is 1.68. The van der Waals surface area contributed by atoms with Gasteiger partial charge in [-0.3, -0.25) is 14.4 Å². The molecule has 0 aromatic heterocycles. The zero-order chi connectivity index (χ0) is 13.1. The van der Waals surface area contributed by atoms with E-state index in [4.69, 9.17) is 5.11 Å². The van der Waals surface area contributed by atoms with Gasteiger partial charge in [0.1, 0.15) is 5.41 Å². The molecule has 2 amide bonds. The highest BCUT2D eigenvalue weighted by molar-refractivity contribution is 6.05. The molecule has 1 aliphatic rings. The minimum Gasteiger partial charge on any atom is -0.480 e. The van der Waals surface area contributed by atoms with E-state index in [1.165, 1.54) is 0 Å². The molecule has 0 bridgehead atoms. The number of likely N-dealkylation sites (N-methyl/N-ethyl adjacent to an activating group) is 1. The molecule has 1 fully saturated rings. The summed E-state index contributed by atoms with van der Waals surface area (Å²) in [5.74, 6) is -1.85. The lowest BCUT2D eigenvalue weighted by atomic mass is 10.1. The second kappa shape index (κ2) is 5.16. The summed E-state index contributed by atoms with van der Waals surface area (Å²) in [7, 11) is 0. The molecule has 0 radical (unpaired) electrons. The average molecular weight is 242 g/mol. The summed E-state index contributed by atoms with van der Waals surface area (Å²) in [4.78, 5) is 35.6. The number of carbonyl (C=O) groups is 3. The molecule has 2 N–H and O–H groups in total. The van der Waals surface area contributed by atoms with Crippen molar-refractivity contribution in [3.05, 3.63) is 0 Å². The first-order chi connectivity index (χ1) is 7.97. The fraction of sp³-hybridized carbons (Fsp3) is 0.727. The van der Waals surface area contributed by atoms with E-state index in [9.17, 15) is 14.4 Å². The Morgan fingerprint density at radius 3 is 2.12 bits per heavy atom. The predicted molar refractivity (Wildman–Crippen MR) is 60.2 cm³/mol. The lowest BCUT2D eigenvalue weighted by molar-refractivity contribution is -0.149. The number of nitrogens with one attached hydrogen (secondary N) is 1. The van der Waals surface area contributed by atoms with Gasteiger partial charge in [0.2, 0.25) is 11.8 Å². The number of rotatable bonds is 6. The van der Waals surface area contributed by atoms with Crippen LogP contribution in [-0.4, -0.2) is 47.4 Å². The van der Waals surface area contributed by atoms with Crippen LogP contribution in [0.1, 0.15) is 26.7 Å². The Morgan fingerprint density at radius 1 is 1.24 bits per heavy atom. The van der Waals surface area contributed by atoms with Crippen LogP contribution in [-0.2, 0) is 14.4 Å². The van der Waals surface area contributed by atoms with Crippen LogP contribution in [0.3, 0.4) is 0 Å². The van der Waals surface area contributed by atoms with Crippen molar-refractivity contribution < 1.29 is 19.5 Å². The van der Waals surface area contributed by atoms with Crippen molar-refractivity contribution >= 4 is 17.8 Å². The molecular weight excluding hydrogens is 224 g/mol. The van der Waals surface area contributed by atoms with E-state index in [-0.39, 0.29) is 12.5 Å². The van der Waals surface area contributed by atoms with Gasteiger partial charge in [-0.05, 0) is 26.7 Å². The molecule has 96 valence electrons. The minimum atomic E-state index is -1.27. The molecule has 0 heterocycles. The molecule has 0 aliphatic heterocycles. The van der Waals surface area contributed by atoms with Crippen LogP contribution in [0.5, 0.6) is 0 Å². The molecule has 0 aromatic carbocycles. The van der Waals surface area contributed by atoms with Crippen molar-refractivity contribution in [1.29, 1.82) is 0 Å². The molecule has 1 aliphatic carbocycles. The maximum absolute atomic E-state index is 11.6. The third kappa shape index (κ3) is 2.75. The molecule has 0 spiro atoms. The summed E-state index contributed by atoms with van der Waals surface area (Å²) < 4.78 is 0. The Morgan fingerprint density at radius 2 is 1.76 bits per heavy atom. The number of aliphatic carboxylic acids is 1. The summed E-state index contributed by atoms with van der Waals surface area (Å²) in [6, 6.07) is 0. The highest BCUT2D eigenvalue weighted by Crippen LogP contribution is 2.45. The van der Waals surface area contributed by atoms with Crippen LogP contribution in [0.2, 0.25) is 0 Å². The first-order valence-corrected chi connectivity index (χ1v) is 5.77. The summed E-state index contributed by atoms with van der Waals surface area (Å²) in [5, 5.41) is 11.3. The molecular formula is C11H18N2O4. The summed E-state index contributed by atoms with van der Waals surface area (Å²) in [5.41, 5.74) is -1.27. The zero-order valence-electron chi connectivity index (χ0n) is 10.2. The first-order valence-electron chi connectivity index (χ1n) is 5.77. The van der Waals surface area contributed by atoms with Gasteiger partial charge >= 0.3 is 5.97 Å². The van der Waals surface area contributed by atoms with Crippen molar-refractivity contribution in [3.8, 4) is 0 Å². The highest BCUT2D eigenvalue weighted by Gasteiger charge is 2.57. The molecule has 0 atom stereocenters. The molecule has 1 saturated carbocycles. The topological polar surface area (TPSA) is 86.7 Å². The number of hydrogen-bond acceptors (Lipinski definition) is 3. The summed E-state index contributed by atoms with van der Waals surface area (Å²) in [6.45, 7) is 4.73. The number of amides is 2. The van der Waals surface area contributed by atoms with Crippen molar-refractivity contribution in [2.24, 2.45) is 5.41 Å². The van der Waals surface area contributed by atoms with Gasteiger partial charge in [0, 0.05) is 13.1 Å². The monoisotopic (exact) mass is 242 g/mol. The number of hydrogen-bond donors (Lipinski definition) is 2. The van der Waals surface area contributed by atoms with Crippen LogP contribution in [0.15, 0.2) is 0 Å².